The predicted octanol–water partition coefficient (Wildman–Crippen LogP) is 15.3. The van der Waals surface area contributed by atoms with E-state index < -0.39 is 0 Å². The zero-order valence-corrected chi connectivity index (χ0v) is 36.8. The number of hydrogen-bond donors (Lipinski definition) is 0. The van der Waals surface area contributed by atoms with Crippen molar-refractivity contribution in [1.29, 1.82) is 0 Å². The fourth-order valence-corrected chi connectivity index (χ4v) is 7.54. The molecule has 0 rings (SSSR count). The molecule has 0 bridgehead atoms. The van der Waals surface area contributed by atoms with Crippen LogP contribution in [0, 0.1) is 0 Å². The Labute approximate surface area is 332 Å². The smallest absolute Gasteiger partial charge is 0.306 e. The Morgan fingerprint density at radius 2 is 0.660 bits per heavy atom. The normalized spacial score (nSPS) is 12.2. The summed E-state index contributed by atoms with van der Waals surface area (Å²) in [5, 5.41) is 0. The van der Waals surface area contributed by atoms with Crippen molar-refractivity contribution in [1.82, 2.24) is 4.90 Å². The molecule has 0 spiro atoms. The number of hydrogen-bond acceptors (Lipinski definition) is 5. The van der Waals surface area contributed by atoms with Gasteiger partial charge in [-0.25, -0.2) is 0 Å². The molecule has 0 aliphatic rings. The number of carbonyl (C=O) groups is 2. The summed E-state index contributed by atoms with van der Waals surface area (Å²) in [6, 6.07) is 0. The van der Waals surface area contributed by atoms with E-state index in [-0.39, 0.29) is 24.1 Å². The standard InChI is InChI=1S/C48H95NO4/c1-6-11-15-18-23-30-37-45(10-5)52-47(50)40-33-26-21-28-35-43-49(42-14-9-4)44-36-29-22-27-34-41-48(51)53-46(38-31-24-19-16-12-7-2)39-32-25-20-17-13-8-3/h45-46H,6-44H2,1-5H3. The molecule has 53 heavy (non-hydrogen) atoms. The zero-order chi connectivity index (χ0) is 38.9. The lowest BCUT2D eigenvalue weighted by molar-refractivity contribution is -0.150. The van der Waals surface area contributed by atoms with Crippen LogP contribution in [-0.4, -0.2) is 48.7 Å². The minimum Gasteiger partial charge on any atom is -0.462 e. The quantitative estimate of drug-likeness (QED) is 0.0459. The van der Waals surface area contributed by atoms with Gasteiger partial charge in [0.1, 0.15) is 12.2 Å². The van der Waals surface area contributed by atoms with Gasteiger partial charge >= 0.3 is 11.9 Å². The zero-order valence-electron chi connectivity index (χ0n) is 36.8. The molecule has 0 N–H and O–H groups in total. The lowest BCUT2D eigenvalue weighted by Crippen LogP contribution is -2.27. The van der Waals surface area contributed by atoms with E-state index in [0.717, 1.165) is 51.4 Å². The summed E-state index contributed by atoms with van der Waals surface area (Å²) >= 11 is 0. The molecule has 5 nitrogen and oxygen atoms in total. The molecule has 0 aliphatic heterocycles. The van der Waals surface area contributed by atoms with Crippen LogP contribution in [0.2, 0.25) is 0 Å². The molecule has 0 saturated carbocycles. The number of unbranched alkanes of at least 4 members (excludes halogenated alkanes) is 24. The molecule has 1 unspecified atom stereocenters. The van der Waals surface area contributed by atoms with Gasteiger partial charge in [-0.15, -0.1) is 0 Å². The summed E-state index contributed by atoms with van der Waals surface area (Å²) in [6.45, 7) is 14.8. The van der Waals surface area contributed by atoms with Crippen LogP contribution in [0.4, 0.5) is 0 Å². The molecule has 0 radical (unpaired) electrons. The van der Waals surface area contributed by atoms with Crippen molar-refractivity contribution in [2.45, 2.75) is 278 Å². The second-order valence-corrected chi connectivity index (χ2v) is 16.5. The van der Waals surface area contributed by atoms with Crippen LogP contribution in [-0.2, 0) is 19.1 Å². The SMILES string of the molecule is CCCCCCCCC(CC)OC(=O)CCCCCCCN(CCCC)CCCCCCCC(=O)OC(CCCCCCCC)CCCCCCCC. The Morgan fingerprint density at radius 1 is 0.358 bits per heavy atom. The van der Waals surface area contributed by atoms with Gasteiger partial charge < -0.3 is 14.4 Å². The lowest BCUT2D eigenvalue weighted by Gasteiger charge is -2.22. The summed E-state index contributed by atoms with van der Waals surface area (Å²) < 4.78 is 11.9. The van der Waals surface area contributed by atoms with Gasteiger partial charge in [0, 0.05) is 12.8 Å². The van der Waals surface area contributed by atoms with E-state index in [9.17, 15) is 9.59 Å². The van der Waals surface area contributed by atoms with E-state index in [1.54, 1.807) is 0 Å². The molecule has 5 heteroatoms. The second kappa shape index (κ2) is 42.1. The number of esters is 2. The number of rotatable bonds is 43. The van der Waals surface area contributed by atoms with Crippen molar-refractivity contribution >= 4 is 11.9 Å². The van der Waals surface area contributed by atoms with Gasteiger partial charge in [-0.05, 0) is 96.7 Å². The Bertz CT molecular complexity index is 742. The Hall–Kier alpha value is -1.10. The van der Waals surface area contributed by atoms with Crippen LogP contribution in [0.25, 0.3) is 0 Å². The van der Waals surface area contributed by atoms with Crippen LogP contribution in [0.3, 0.4) is 0 Å². The summed E-state index contributed by atoms with van der Waals surface area (Å²) in [4.78, 5) is 27.8. The molecule has 0 aliphatic carbocycles. The van der Waals surface area contributed by atoms with E-state index in [4.69, 9.17) is 9.47 Å². The molecule has 0 saturated heterocycles. The van der Waals surface area contributed by atoms with Crippen molar-refractivity contribution < 1.29 is 19.1 Å². The molecule has 1 atom stereocenters. The molecule has 316 valence electrons. The van der Waals surface area contributed by atoms with Crippen molar-refractivity contribution in [2.24, 2.45) is 0 Å². The first kappa shape index (κ1) is 51.9. The first-order valence-electron chi connectivity index (χ1n) is 24.1. The summed E-state index contributed by atoms with van der Waals surface area (Å²) in [6.07, 6.45) is 42.9. The highest BCUT2D eigenvalue weighted by atomic mass is 16.5. The summed E-state index contributed by atoms with van der Waals surface area (Å²) in [5.41, 5.74) is 0. The fourth-order valence-electron chi connectivity index (χ4n) is 7.54. The van der Waals surface area contributed by atoms with E-state index >= 15 is 0 Å². The Balaban J connectivity index is 4.12. The Kier molecular flexibility index (Phi) is 41.2. The first-order valence-corrected chi connectivity index (χ1v) is 24.1. The van der Waals surface area contributed by atoms with Gasteiger partial charge in [-0.2, -0.15) is 0 Å². The average molecular weight is 750 g/mol. The maximum absolute atomic E-state index is 12.8. The van der Waals surface area contributed by atoms with Gasteiger partial charge in [-0.1, -0.05) is 176 Å². The van der Waals surface area contributed by atoms with Crippen LogP contribution < -0.4 is 0 Å². The van der Waals surface area contributed by atoms with E-state index in [0.29, 0.717) is 12.8 Å². The maximum Gasteiger partial charge on any atom is 0.306 e. The first-order chi connectivity index (χ1) is 26.0. The average Bonchev–Trinajstić information content (AvgIpc) is 3.15. The Morgan fingerprint density at radius 3 is 1.06 bits per heavy atom. The third kappa shape index (κ3) is 37.6. The maximum atomic E-state index is 12.8. The molecular formula is C48H95NO4. The number of carbonyl (C=O) groups excluding carboxylic acids is 2. The number of nitrogens with zero attached hydrogens (tertiary/aromatic N) is 1. The van der Waals surface area contributed by atoms with Crippen molar-refractivity contribution in [2.75, 3.05) is 19.6 Å². The minimum atomic E-state index is 0.0137. The topological polar surface area (TPSA) is 55.8 Å². The fraction of sp³-hybridized carbons (Fsp3) is 0.958. The molecule has 0 aromatic heterocycles. The van der Waals surface area contributed by atoms with Crippen molar-refractivity contribution in [3.05, 3.63) is 0 Å². The lowest BCUT2D eigenvalue weighted by atomic mass is 10.0. The summed E-state index contributed by atoms with van der Waals surface area (Å²) in [7, 11) is 0. The predicted molar refractivity (Wildman–Crippen MR) is 231 cm³/mol. The highest BCUT2D eigenvalue weighted by molar-refractivity contribution is 5.69. The largest absolute Gasteiger partial charge is 0.462 e. The third-order valence-corrected chi connectivity index (χ3v) is 11.2. The van der Waals surface area contributed by atoms with Gasteiger partial charge in [0.15, 0.2) is 0 Å². The second-order valence-electron chi connectivity index (χ2n) is 16.5. The molecule has 0 heterocycles. The third-order valence-electron chi connectivity index (χ3n) is 11.2. The monoisotopic (exact) mass is 750 g/mol. The summed E-state index contributed by atoms with van der Waals surface area (Å²) in [5.74, 6) is 0.0568. The van der Waals surface area contributed by atoms with Crippen LogP contribution in [0.5, 0.6) is 0 Å². The van der Waals surface area contributed by atoms with Gasteiger partial charge in [0.05, 0.1) is 0 Å². The van der Waals surface area contributed by atoms with E-state index in [2.05, 4.69) is 39.5 Å². The van der Waals surface area contributed by atoms with Crippen LogP contribution in [0.15, 0.2) is 0 Å². The molecular weight excluding hydrogens is 655 g/mol. The number of ether oxygens (including phenoxy) is 2. The molecule has 0 fully saturated rings. The molecule has 0 aromatic rings. The van der Waals surface area contributed by atoms with Crippen LogP contribution in [0.1, 0.15) is 266 Å². The van der Waals surface area contributed by atoms with E-state index in [1.165, 1.54) is 187 Å². The molecule has 0 aromatic carbocycles. The highest BCUT2D eigenvalue weighted by Gasteiger charge is 2.15. The van der Waals surface area contributed by atoms with Gasteiger partial charge in [0.25, 0.3) is 0 Å². The van der Waals surface area contributed by atoms with E-state index in [1.807, 2.05) is 0 Å². The highest BCUT2D eigenvalue weighted by Crippen LogP contribution is 2.19. The minimum absolute atomic E-state index is 0.0137. The van der Waals surface area contributed by atoms with Crippen molar-refractivity contribution in [3.8, 4) is 0 Å². The van der Waals surface area contributed by atoms with Crippen LogP contribution >= 0.6 is 0 Å². The van der Waals surface area contributed by atoms with Crippen molar-refractivity contribution in [3.63, 3.8) is 0 Å². The van der Waals surface area contributed by atoms with Gasteiger partial charge in [-0.3, -0.25) is 9.59 Å². The van der Waals surface area contributed by atoms with Gasteiger partial charge in [0.2, 0.25) is 0 Å². The molecule has 0 amide bonds.